The summed E-state index contributed by atoms with van der Waals surface area (Å²) in [6, 6.07) is 25.1. The Kier molecular flexibility index (Phi) is 7.48. The zero-order chi connectivity index (χ0) is 25.9. The van der Waals surface area contributed by atoms with Crippen LogP contribution >= 0.6 is 0 Å². The van der Waals surface area contributed by atoms with Gasteiger partial charge < -0.3 is 14.4 Å². The first kappa shape index (κ1) is 25.1. The Labute approximate surface area is 226 Å². The minimum Gasteiger partial charge on any atom is -0.464 e. The zero-order valence-corrected chi connectivity index (χ0v) is 22.4. The molecule has 5 nitrogen and oxygen atoms in total. The lowest BCUT2D eigenvalue weighted by molar-refractivity contribution is -0.149. The van der Waals surface area contributed by atoms with Crippen LogP contribution in [-0.2, 0) is 17.9 Å². The fraction of sp³-hybridized carbons (Fsp3) is 0.424. The summed E-state index contributed by atoms with van der Waals surface area (Å²) in [7, 11) is 0. The molecule has 1 atom stereocenters. The predicted octanol–water partition coefficient (Wildman–Crippen LogP) is 6.37. The number of fused-ring (bicyclic) bond motifs is 1. The topological polar surface area (TPSA) is 42.0 Å². The monoisotopic (exact) mass is 510 g/mol. The molecule has 2 saturated heterocycles. The number of carbonyl (C=O) groups excluding carboxylic acids is 1. The van der Waals surface area contributed by atoms with Crippen LogP contribution in [0.5, 0.6) is 5.75 Å². The molecular formula is C33H38N2O3. The number of amides is 1. The molecule has 1 unspecified atom stereocenters. The summed E-state index contributed by atoms with van der Waals surface area (Å²) in [5.74, 6) is 2.21. The first-order valence-electron chi connectivity index (χ1n) is 14.2. The minimum absolute atomic E-state index is 0.146. The van der Waals surface area contributed by atoms with Crippen molar-refractivity contribution in [1.82, 2.24) is 9.80 Å². The number of piperidine rings is 2. The highest BCUT2D eigenvalue weighted by Gasteiger charge is 2.32. The third-order valence-corrected chi connectivity index (χ3v) is 8.51. The Hall–Kier alpha value is -3.15. The molecule has 3 aromatic rings. The van der Waals surface area contributed by atoms with E-state index in [0.717, 1.165) is 86.4 Å². The van der Waals surface area contributed by atoms with E-state index in [4.69, 9.17) is 9.47 Å². The van der Waals surface area contributed by atoms with Gasteiger partial charge in [0.25, 0.3) is 5.91 Å². The van der Waals surface area contributed by atoms with Crippen LogP contribution < -0.4 is 4.74 Å². The molecule has 0 saturated carbocycles. The highest BCUT2D eigenvalue weighted by molar-refractivity contribution is 5.94. The maximum absolute atomic E-state index is 12.9. The Morgan fingerprint density at radius 2 is 1.55 bits per heavy atom. The smallest absolute Gasteiger partial charge is 0.253 e. The minimum atomic E-state index is -0.171. The Bertz CT molecular complexity index is 1230. The van der Waals surface area contributed by atoms with Gasteiger partial charge in [0.05, 0.1) is 6.61 Å². The first-order chi connectivity index (χ1) is 18.6. The fourth-order valence-electron chi connectivity index (χ4n) is 5.97. The lowest BCUT2D eigenvalue weighted by Gasteiger charge is -2.37. The number of ether oxygens (including phenoxy) is 2. The van der Waals surface area contributed by atoms with E-state index in [2.05, 4.69) is 72.5 Å². The number of benzene rings is 3. The van der Waals surface area contributed by atoms with E-state index in [1.807, 2.05) is 17.0 Å². The lowest BCUT2D eigenvalue weighted by Crippen LogP contribution is -2.41. The van der Waals surface area contributed by atoms with E-state index in [1.165, 1.54) is 5.56 Å². The second-order valence-electron chi connectivity index (χ2n) is 11.3. The summed E-state index contributed by atoms with van der Waals surface area (Å²) < 4.78 is 12.6. The Morgan fingerprint density at radius 3 is 2.29 bits per heavy atom. The van der Waals surface area contributed by atoms with Crippen molar-refractivity contribution in [2.45, 2.75) is 52.0 Å². The summed E-state index contributed by atoms with van der Waals surface area (Å²) in [5.41, 5.74) is 5.45. The summed E-state index contributed by atoms with van der Waals surface area (Å²) in [6.45, 7) is 7.72. The number of carbonyl (C=O) groups is 1. The van der Waals surface area contributed by atoms with E-state index in [-0.39, 0.29) is 12.2 Å². The van der Waals surface area contributed by atoms with Crippen LogP contribution in [0, 0.1) is 11.8 Å². The number of rotatable bonds is 5. The van der Waals surface area contributed by atoms with Crippen molar-refractivity contribution in [1.29, 1.82) is 0 Å². The predicted molar refractivity (Wildman–Crippen MR) is 150 cm³/mol. The summed E-state index contributed by atoms with van der Waals surface area (Å²) in [6.07, 6.45) is 4.20. The van der Waals surface area contributed by atoms with E-state index in [1.54, 1.807) is 0 Å². The van der Waals surface area contributed by atoms with Gasteiger partial charge in [-0.25, -0.2) is 0 Å². The van der Waals surface area contributed by atoms with Crippen molar-refractivity contribution >= 4 is 5.91 Å². The van der Waals surface area contributed by atoms with Gasteiger partial charge in [0.15, 0.2) is 0 Å². The Morgan fingerprint density at radius 1 is 0.842 bits per heavy atom. The number of hydrogen-bond acceptors (Lipinski definition) is 4. The van der Waals surface area contributed by atoms with Gasteiger partial charge in [-0.15, -0.1) is 0 Å². The molecule has 6 rings (SSSR count). The number of hydrogen-bond donors (Lipinski definition) is 0. The third kappa shape index (κ3) is 5.64. The molecule has 38 heavy (non-hydrogen) atoms. The summed E-state index contributed by atoms with van der Waals surface area (Å²) in [5, 5.41) is 0. The molecular weight excluding hydrogens is 472 g/mol. The molecule has 2 fully saturated rings. The zero-order valence-electron chi connectivity index (χ0n) is 22.4. The van der Waals surface area contributed by atoms with Crippen LogP contribution in [0.15, 0.2) is 72.8 Å². The molecule has 1 amide bonds. The molecule has 0 spiro atoms. The van der Waals surface area contributed by atoms with Gasteiger partial charge in [-0.3, -0.25) is 9.69 Å². The van der Waals surface area contributed by atoms with Gasteiger partial charge in [0.2, 0.25) is 6.29 Å². The number of likely N-dealkylation sites (tertiary alicyclic amines) is 2. The fourth-order valence-corrected chi connectivity index (χ4v) is 5.97. The van der Waals surface area contributed by atoms with Crippen molar-refractivity contribution in [3.8, 4) is 16.9 Å². The van der Waals surface area contributed by atoms with E-state index >= 15 is 0 Å². The second kappa shape index (κ2) is 11.3. The maximum Gasteiger partial charge on any atom is 0.253 e. The van der Waals surface area contributed by atoms with Gasteiger partial charge >= 0.3 is 0 Å². The third-order valence-electron chi connectivity index (χ3n) is 8.51. The highest BCUT2D eigenvalue weighted by atomic mass is 16.7. The summed E-state index contributed by atoms with van der Waals surface area (Å²) >= 11 is 0. The first-order valence-corrected chi connectivity index (χ1v) is 14.2. The van der Waals surface area contributed by atoms with Crippen LogP contribution in [0.4, 0.5) is 0 Å². The molecule has 0 radical (unpaired) electrons. The molecule has 0 aliphatic carbocycles. The Balaban J connectivity index is 1.05. The molecule has 3 aliphatic heterocycles. The SMILES string of the molecule is CC1CCN(C(=O)c2ccc(-c3ccc4c(c3)COC(C3CCN(Cc5ccccc5)CC3)O4)cc2)CC1. The van der Waals surface area contributed by atoms with Gasteiger partial charge in [-0.1, -0.05) is 55.5 Å². The van der Waals surface area contributed by atoms with Crippen LogP contribution in [0.3, 0.4) is 0 Å². The van der Waals surface area contributed by atoms with Gasteiger partial charge in [0, 0.05) is 36.7 Å². The highest BCUT2D eigenvalue weighted by Crippen LogP contribution is 2.35. The average Bonchev–Trinajstić information content (AvgIpc) is 2.98. The van der Waals surface area contributed by atoms with Crippen molar-refractivity contribution in [3.63, 3.8) is 0 Å². The van der Waals surface area contributed by atoms with E-state index in [0.29, 0.717) is 18.4 Å². The molecule has 3 heterocycles. The van der Waals surface area contributed by atoms with Crippen LogP contribution in [0.2, 0.25) is 0 Å². The maximum atomic E-state index is 12.9. The second-order valence-corrected chi connectivity index (χ2v) is 11.3. The molecule has 0 bridgehead atoms. The van der Waals surface area contributed by atoms with Crippen LogP contribution in [0.1, 0.15) is 54.1 Å². The van der Waals surface area contributed by atoms with Crippen molar-refractivity contribution in [3.05, 3.63) is 89.5 Å². The largest absolute Gasteiger partial charge is 0.464 e. The summed E-state index contributed by atoms with van der Waals surface area (Å²) in [4.78, 5) is 17.4. The van der Waals surface area contributed by atoms with E-state index in [9.17, 15) is 4.79 Å². The quantitative estimate of drug-likeness (QED) is 0.400. The number of nitrogens with zero attached hydrogens (tertiary/aromatic N) is 2. The molecule has 0 N–H and O–H groups in total. The van der Waals surface area contributed by atoms with Crippen LogP contribution in [-0.4, -0.2) is 48.2 Å². The molecule has 0 aromatic heterocycles. The van der Waals surface area contributed by atoms with Gasteiger partial charge in [-0.05, 0) is 85.6 Å². The van der Waals surface area contributed by atoms with Crippen molar-refractivity contribution in [2.24, 2.45) is 11.8 Å². The van der Waals surface area contributed by atoms with Gasteiger partial charge in [-0.2, -0.15) is 0 Å². The van der Waals surface area contributed by atoms with E-state index < -0.39 is 0 Å². The van der Waals surface area contributed by atoms with Gasteiger partial charge in [0.1, 0.15) is 5.75 Å². The average molecular weight is 511 g/mol. The van der Waals surface area contributed by atoms with Crippen molar-refractivity contribution in [2.75, 3.05) is 26.2 Å². The normalized spacial score (nSPS) is 21.1. The molecule has 3 aliphatic rings. The molecule has 3 aromatic carbocycles. The standard InChI is InChI=1S/C33H38N2O3/c1-24-13-19-35(20-14-24)32(36)27-9-7-26(8-10-27)29-11-12-31-30(21-29)23-37-33(38-31)28-15-17-34(18-16-28)22-25-5-3-2-4-6-25/h2-12,21,24,28,33H,13-20,22-23H2,1H3. The lowest BCUT2D eigenvalue weighted by atomic mass is 9.95. The molecule has 198 valence electrons. The molecule has 5 heteroatoms. The van der Waals surface area contributed by atoms with Crippen LogP contribution in [0.25, 0.3) is 11.1 Å². The van der Waals surface area contributed by atoms with Crippen molar-refractivity contribution < 1.29 is 14.3 Å².